The molecule has 98 valence electrons. The van der Waals surface area contributed by atoms with Crippen LogP contribution in [0.15, 0.2) is 12.1 Å². The Morgan fingerprint density at radius 3 is 2.50 bits per heavy atom. The van der Waals surface area contributed by atoms with E-state index in [4.69, 9.17) is 11.6 Å². The Bertz CT molecular complexity index is 473. The lowest BCUT2D eigenvalue weighted by Crippen LogP contribution is -3.12. The Balaban J connectivity index is 2.21. The Labute approximate surface area is 109 Å². The van der Waals surface area contributed by atoms with Gasteiger partial charge >= 0.3 is 0 Å². The standard InChI is InChI=1S/C12H13ClF2N2O/c1-16-4-6-17(7-5-16)12(18)8-2-3-9(13)11(15)10(8)14/h2-3H,4-7H2,1H3/p+1. The molecule has 1 aliphatic rings. The van der Waals surface area contributed by atoms with Crippen molar-refractivity contribution in [1.82, 2.24) is 4.90 Å². The lowest BCUT2D eigenvalue weighted by atomic mass is 10.1. The van der Waals surface area contributed by atoms with Gasteiger partial charge in [-0.1, -0.05) is 11.6 Å². The van der Waals surface area contributed by atoms with Crippen LogP contribution in [0, 0.1) is 11.6 Å². The molecule has 1 saturated heterocycles. The van der Waals surface area contributed by atoms with E-state index in [-0.39, 0.29) is 10.6 Å². The first-order valence-corrected chi connectivity index (χ1v) is 6.12. The Morgan fingerprint density at radius 2 is 1.89 bits per heavy atom. The molecule has 1 N–H and O–H groups in total. The Morgan fingerprint density at radius 1 is 1.28 bits per heavy atom. The molecule has 0 atom stereocenters. The maximum Gasteiger partial charge on any atom is 0.257 e. The summed E-state index contributed by atoms with van der Waals surface area (Å²) in [5, 5.41) is -0.313. The minimum absolute atomic E-state index is 0.253. The lowest BCUT2D eigenvalue weighted by Gasteiger charge is -2.30. The monoisotopic (exact) mass is 275 g/mol. The molecule has 18 heavy (non-hydrogen) atoms. The van der Waals surface area contributed by atoms with Crippen LogP contribution in [0.4, 0.5) is 8.78 Å². The van der Waals surface area contributed by atoms with Crippen LogP contribution in [-0.2, 0) is 0 Å². The van der Waals surface area contributed by atoms with Gasteiger partial charge in [-0.15, -0.1) is 0 Å². The van der Waals surface area contributed by atoms with E-state index in [1.165, 1.54) is 17.0 Å². The number of benzene rings is 1. The first-order valence-electron chi connectivity index (χ1n) is 5.74. The summed E-state index contributed by atoms with van der Waals surface area (Å²) in [5.41, 5.74) is -0.253. The zero-order chi connectivity index (χ0) is 13.3. The number of nitrogens with zero attached hydrogens (tertiary/aromatic N) is 1. The average molecular weight is 276 g/mol. The number of carbonyl (C=O) groups is 1. The summed E-state index contributed by atoms with van der Waals surface area (Å²) in [7, 11) is 2.03. The van der Waals surface area contributed by atoms with Crippen LogP contribution >= 0.6 is 11.6 Å². The van der Waals surface area contributed by atoms with Gasteiger partial charge in [-0.2, -0.15) is 0 Å². The van der Waals surface area contributed by atoms with Gasteiger partial charge in [0, 0.05) is 0 Å². The number of likely N-dealkylation sites (N-methyl/N-ethyl adjacent to an activating group) is 1. The molecule has 0 aromatic heterocycles. The molecule has 1 aromatic carbocycles. The molecule has 6 heteroatoms. The fraction of sp³-hybridized carbons (Fsp3) is 0.417. The summed E-state index contributed by atoms with van der Waals surface area (Å²) in [4.78, 5) is 14.9. The van der Waals surface area contributed by atoms with E-state index in [2.05, 4.69) is 0 Å². The summed E-state index contributed by atoms with van der Waals surface area (Å²) < 4.78 is 26.9. The van der Waals surface area contributed by atoms with Gasteiger partial charge in [0.1, 0.15) is 0 Å². The first kappa shape index (κ1) is 13.2. The molecule has 3 nitrogen and oxygen atoms in total. The molecular formula is C12H14ClF2N2O+. The molecule has 1 fully saturated rings. The molecule has 2 rings (SSSR count). The van der Waals surface area contributed by atoms with E-state index in [0.717, 1.165) is 13.1 Å². The van der Waals surface area contributed by atoms with E-state index in [1.807, 2.05) is 7.05 Å². The number of nitrogens with one attached hydrogen (secondary N) is 1. The first-order chi connectivity index (χ1) is 8.50. The third-order valence-electron chi connectivity index (χ3n) is 3.17. The van der Waals surface area contributed by atoms with E-state index < -0.39 is 17.5 Å². The summed E-state index contributed by atoms with van der Waals surface area (Å²) in [6.07, 6.45) is 0. The van der Waals surface area contributed by atoms with E-state index >= 15 is 0 Å². The van der Waals surface area contributed by atoms with Gasteiger partial charge in [-0.3, -0.25) is 4.79 Å². The van der Waals surface area contributed by atoms with E-state index in [9.17, 15) is 13.6 Å². The van der Waals surface area contributed by atoms with Crippen molar-refractivity contribution in [2.75, 3.05) is 33.2 Å². The second-order valence-corrected chi connectivity index (χ2v) is 4.88. The highest BCUT2D eigenvalue weighted by Crippen LogP contribution is 2.21. The van der Waals surface area contributed by atoms with E-state index in [0.29, 0.717) is 13.1 Å². The number of hydrogen-bond donors (Lipinski definition) is 1. The zero-order valence-electron chi connectivity index (χ0n) is 9.97. The van der Waals surface area contributed by atoms with Crippen LogP contribution in [-0.4, -0.2) is 44.0 Å². The number of rotatable bonds is 1. The van der Waals surface area contributed by atoms with Crippen molar-refractivity contribution in [1.29, 1.82) is 0 Å². The number of carbonyl (C=O) groups excluding carboxylic acids is 1. The van der Waals surface area contributed by atoms with Gasteiger partial charge in [-0.25, -0.2) is 8.78 Å². The van der Waals surface area contributed by atoms with Crippen molar-refractivity contribution in [2.24, 2.45) is 0 Å². The molecule has 1 heterocycles. The second kappa shape index (κ2) is 5.20. The summed E-state index contributed by atoms with van der Waals surface area (Å²) in [6.45, 7) is 2.72. The van der Waals surface area contributed by atoms with Gasteiger partial charge in [0.05, 0.1) is 43.8 Å². The second-order valence-electron chi connectivity index (χ2n) is 4.47. The van der Waals surface area contributed by atoms with Crippen LogP contribution in [0.5, 0.6) is 0 Å². The smallest absolute Gasteiger partial charge is 0.257 e. The highest BCUT2D eigenvalue weighted by Gasteiger charge is 2.26. The van der Waals surface area contributed by atoms with Crippen molar-refractivity contribution in [3.8, 4) is 0 Å². The predicted octanol–water partition coefficient (Wildman–Crippen LogP) is 0.589. The fourth-order valence-corrected chi connectivity index (χ4v) is 2.10. The Kier molecular flexibility index (Phi) is 3.82. The number of amides is 1. The van der Waals surface area contributed by atoms with Gasteiger partial charge in [0.15, 0.2) is 11.6 Å². The fourth-order valence-electron chi connectivity index (χ4n) is 1.95. The van der Waals surface area contributed by atoms with Crippen molar-refractivity contribution in [3.05, 3.63) is 34.4 Å². The highest BCUT2D eigenvalue weighted by atomic mass is 35.5. The van der Waals surface area contributed by atoms with Crippen LogP contribution in [0.3, 0.4) is 0 Å². The van der Waals surface area contributed by atoms with E-state index in [1.54, 1.807) is 4.90 Å². The molecule has 1 aliphatic heterocycles. The minimum atomic E-state index is -1.17. The number of quaternary nitrogens is 1. The summed E-state index contributed by atoms with van der Waals surface area (Å²) in [6, 6.07) is 2.43. The largest absolute Gasteiger partial charge is 0.334 e. The number of hydrogen-bond acceptors (Lipinski definition) is 1. The quantitative estimate of drug-likeness (QED) is 0.746. The predicted molar refractivity (Wildman–Crippen MR) is 63.9 cm³/mol. The third kappa shape index (κ3) is 2.47. The molecule has 0 unspecified atom stereocenters. The van der Waals surface area contributed by atoms with Gasteiger partial charge in [-0.05, 0) is 12.1 Å². The Hall–Kier alpha value is -1.20. The minimum Gasteiger partial charge on any atom is -0.334 e. The van der Waals surface area contributed by atoms with Gasteiger partial charge in [0.2, 0.25) is 0 Å². The zero-order valence-corrected chi connectivity index (χ0v) is 10.7. The lowest BCUT2D eigenvalue weighted by molar-refractivity contribution is -0.883. The van der Waals surface area contributed by atoms with Gasteiger partial charge < -0.3 is 9.80 Å². The highest BCUT2D eigenvalue weighted by molar-refractivity contribution is 6.30. The van der Waals surface area contributed by atoms with Crippen LogP contribution < -0.4 is 4.90 Å². The normalized spacial score (nSPS) is 17.0. The molecule has 0 bridgehead atoms. The molecule has 0 saturated carbocycles. The van der Waals surface area contributed by atoms with Crippen molar-refractivity contribution >= 4 is 17.5 Å². The average Bonchev–Trinajstić information content (AvgIpc) is 2.36. The SMILES string of the molecule is C[NH+]1CCN(C(=O)c2ccc(Cl)c(F)c2F)CC1. The van der Waals surface area contributed by atoms with Crippen molar-refractivity contribution in [3.63, 3.8) is 0 Å². The topological polar surface area (TPSA) is 24.8 Å². The molecule has 1 amide bonds. The molecule has 0 spiro atoms. The van der Waals surface area contributed by atoms with Crippen LogP contribution in [0.2, 0.25) is 5.02 Å². The van der Waals surface area contributed by atoms with Gasteiger partial charge in [0.25, 0.3) is 5.91 Å². The van der Waals surface area contributed by atoms with Crippen molar-refractivity contribution < 1.29 is 18.5 Å². The van der Waals surface area contributed by atoms with Crippen LogP contribution in [0.1, 0.15) is 10.4 Å². The van der Waals surface area contributed by atoms with Crippen molar-refractivity contribution in [2.45, 2.75) is 0 Å². The molecular weight excluding hydrogens is 262 g/mol. The molecule has 0 radical (unpaired) electrons. The maximum atomic E-state index is 13.6. The third-order valence-corrected chi connectivity index (χ3v) is 3.46. The number of piperazine rings is 1. The summed E-state index contributed by atoms with van der Waals surface area (Å²) >= 11 is 5.45. The summed E-state index contributed by atoms with van der Waals surface area (Å²) in [5.74, 6) is -2.81. The van der Waals surface area contributed by atoms with Crippen LogP contribution in [0.25, 0.3) is 0 Å². The maximum absolute atomic E-state index is 13.6. The molecule has 0 aliphatic carbocycles. The number of halogens is 3. The molecule has 1 aromatic rings.